The number of fused-ring (bicyclic) bond motifs is 1. The topological polar surface area (TPSA) is 64.1 Å². The van der Waals surface area contributed by atoms with E-state index in [4.69, 9.17) is 28.9 Å². The largest absolute Gasteiger partial charge is 0.480 e. The zero-order chi connectivity index (χ0) is 16.9. The van der Waals surface area contributed by atoms with Crippen LogP contribution < -0.4 is 9.80 Å². The number of hydrogen-bond acceptors (Lipinski definition) is 6. The quantitative estimate of drug-likeness (QED) is 0.634. The van der Waals surface area contributed by atoms with Gasteiger partial charge in [-0.15, -0.1) is 0 Å². The summed E-state index contributed by atoms with van der Waals surface area (Å²) in [5.74, 6) is -0.835. The van der Waals surface area contributed by atoms with Crippen LogP contribution in [0.4, 0.5) is 11.4 Å². The zero-order valence-electron chi connectivity index (χ0n) is 12.2. The molecule has 6 nitrogen and oxygen atoms in total. The minimum Gasteiger partial charge on any atom is -0.480 e. The number of benzene rings is 1. The Kier molecular flexibility index (Phi) is 3.99. The van der Waals surface area contributed by atoms with E-state index >= 15 is 0 Å². The third-order valence-corrected chi connectivity index (χ3v) is 5.30. The van der Waals surface area contributed by atoms with E-state index in [0.29, 0.717) is 15.7 Å². The second kappa shape index (κ2) is 5.70. The Hall–Kier alpha value is -1.77. The molecule has 0 unspecified atom stereocenters. The van der Waals surface area contributed by atoms with Gasteiger partial charge in [-0.2, -0.15) is 0 Å². The van der Waals surface area contributed by atoms with Crippen LogP contribution in [-0.4, -0.2) is 46.8 Å². The number of thioether (sulfide) groups is 1. The molecular weight excluding hydrogens is 358 g/mol. The maximum Gasteiger partial charge on any atom is 0.323 e. The standard InChI is InChI=1S/C14H12ClN3O3S2/c1-16-8-4-3-7(15)5-9(8)17(2)12(16)11-13(21)18(6-10(19)20)14(22)23-11/h3-5H,6H2,1-2H3,(H,19,20)/b12-11-. The molecule has 23 heavy (non-hydrogen) atoms. The summed E-state index contributed by atoms with van der Waals surface area (Å²) >= 11 is 12.3. The fourth-order valence-corrected chi connectivity index (χ4v) is 4.17. The zero-order valence-corrected chi connectivity index (χ0v) is 14.6. The molecule has 2 aliphatic rings. The van der Waals surface area contributed by atoms with Gasteiger partial charge in [-0.05, 0) is 18.2 Å². The first kappa shape index (κ1) is 16.1. The van der Waals surface area contributed by atoms with E-state index in [0.717, 1.165) is 28.0 Å². The van der Waals surface area contributed by atoms with E-state index in [-0.39, 0.29) is 4.32 Å². The summed E-state index contributed by atoms with van der Waals surface area (Å²) in [4.78, 5) is 28.7. The van der Waals surface area contributed by atoms with Gasteiger partial charge in [0, 0.05) is 19.1 Å². The third kappa shape index (κ3) is 2.56. The summed E-state index contributed by atoms with van der Waals surface area (Å²) in [5.41, 5.74) is 1.79. The maximum atomic E-state index is 12.6. The van der Waals surface area contributed by atoms with Gasteiger partial charge >= 0.3 is 5.97 Å². The molecule has 0 atom stereocenters. The smallest absolute Gasteiger partial charge is 0.323 e. The number of aliphatic carboxylic acids is 1. The van der Waals surface area contributed by atoms with Gasteiger partial charge in [0.1, 0.15) is 21.6 Å². The van der Waals surface area contributed by atoms with Gasteiger partial charge in [0.05, 0.1) is 11.4 Å². The van der Waals surface area contributed by atoms with E-state index in [1.54, 1.807) is 6.07 Å². The number of hydrogen-bond donors (Lipinski definition) is 1. The minimum atomic E-state index is -1.10. The Morgan fingerprint density at radius 3 is 2.61 bits per heavy atom. The van der Waals surface area contributed by atoms with E-state index in [9.17, 15) is 9.59 Å². The number of carbonyl (C=O) groups is 2. The summed E-state index contributed by atoms with van der Waals surface area (Å²) in [6.45, 7) is -0.437. The molecule has 0 spiro atoms. The van der Waals surface area contributed by atoms with Crippen molar-refractivity contribution < 1.29 is 14.7 Å². The van der Waals surface area contributed by atoms with Crippen LogP contribution in [0.2, 0.25) is 5.02 Å². The van der Waals surface area contributed by atoms with Crippen LogP contribution >= 0.6 is 35.6 Å². The molecule has 1 aromatic rings. The molecule has 1 amide bonds. The average molecular weight is 370 g/mol. The molecule has 0 radical (unpaired) electrons. The highest BCUT2D eigenvalue weighted by atomic mass is 35.5. The van der Waals surface area contributed by atoms with Gasteiger partial charge in [0.15, 0.2) is 0 Å². The molecule has 0 aliphatic carbocycles. The Labute approximate surface area is 147 Å². The lowest BCUT2D eigenvalue weighted by Gasteiger charge is -2.20. The fourth-order valence-electron chi connectivity index (χ4n) is 2.61. The average Bonchev–Trinajstić information content (AvgIpc) is 2.87. The Morgan fingerprint density at radius 1 is 1.30 bits per heavy atom. The summed E-state index contributed by atoms with van der Waals surface area (Å²) in [6.07, 6.45) is 0. The third-order valence-electron chi connectivity index (χ3n) is 3.64. The molecule has 1 aromatic carbocycles. The summed E-state index contributed by atoms with van der Waals surface area (Å²) in [6, 6.07) is 5.47. The van der Waals surface area contributed by atoms with Crippen LogP contribution in [0.5, 0.6) is 0 Å². The lowest BCUT2D eigenvalue weighted by Crippen LogP contribution is -2.34. The van der Waals surface area contributed by atoms with Crippen LogP contribution in [0.25, 0.3) is 0 Å². The number of amides is 1. The summed E-state index contributed by atoms with van der Waals surface area (Å²) in [5, 5.41) is 9.52. The van der Waals surface area contributed by atoms with Crippen molar-refractivity contribution in [2.75, 3.05) is 30.4 Å². The minimum absolute atomic E-state index is 0.246. The van der Waals surface area contributed by atoms with Crippen molar-refractivity contribution >= 4 is 63.2 Å². The van der Waals surface area contributed by atoms with Crippen LogP contribution in [0.1, 0.15) is 0 Å². The lowest BCUT2D eigenvalue weighted by molar-refractivity contribution is -0.140. The molecule has 2 aliphatic heterocycles. The molecule has 120 valence electrons. The molecule has 1 N–H and O–H groups in total. The highest BCUT2D eigenvalue weighted by Crippen LogP contribution is 2.45. The van der Waals surface area contributed by atoms with Gasteiger partial charge in [0.25, 0.3) is 5.91 Å². The Bertz CT molecular complexity index is 781. The van der Waals surface area contributed by atoms with Crippen molar-refractivity contribution in [2.45, 2.75) is 0 Å². The van der Waals surface area contributed by atoms with Gasteiger partial charge in [-0.25, -0.2) is 0 Å². The normalized spacial score (nSPS) is 20.6. The van der Waals surface area contributed by atoms with Gasteiger partial charge in [0.2, 0.25) is 0 Å². The van der Waals surface area contributed by atoms with Crippen molar-refractivity contribution in [3.63, 3.8) is 0 Å². The number of anilines is 2. The van der Waals surface area contributed by atoms with Crippen molar-refractivity contribution in [1.29, 1.82) is 0 Å². The van der Waals surface area contributed by atoms with Crippen LogP contribution in [0, 0.1) is 0 Å². The molecule has 3 rings (SSSR count). The number of rotatable bonds is 2. The Balaban J connectivity index is 2.05. The molecule has 1 fully saturated rings. The maximum absolute atomic E-state index is 12.6. The fraction of sp³-hybridized carbons (Fsp3) is 0.214. The van der Waals surface area contributed by atoms with Crippen molar-refractivity contribution in [2.24, 2.45) is 0 Å². The molecule has 0 bridgehead atoms. The van der Waals surface area contributed by atoms with Crippen molar-refractivity contribution in [1.82, 2.24) is 4.90 Å². The highest BCUT2D eigenvalue weighted by Gasteiger charge is 2.40. The number of nitrogens with zero attached hydrogens (tertiary/aromatic N) is 3. The van der Waals surface area contributed by atoms with Crippen LogP contribution in [0.15, 0.2) is 28.9 Å². The van der Waals surface area contributed by atoms with E-state index in [1.165, 1.54) is 0 Å². The summed E-state index contributed by atoms with van der Waals surface area (Å²) < 4.78 is 0.246. The van der Waals surface area contributed by atoms with E-state index < -0.39 is 18.4 Å². The lowest BCUT2D eigenvalue weighted by atomic mass is 10.2. The molecule has 9 heteroatoms. The first-order chi connectivity index (χ1) is 10.8. The molecule has 2 heterocycles. The number of carboxylic acids is 1. The molecule has 0 aromatic heterocycles. The van der Waals surface area contributed by atoms with E-state index in [1.807, 2.05) is 36.0 Å². The summed E-state index contributed by atoms with van der Waals surface area (Å²) in [7, 11) is 3.67. The molecular formula is C14H12ClN3O3S2. The Morgan fingerprint density at radius 2 is 1.96 bits per heavy atom. The van der Waals surface area contributed by atoms with Crippen molar-refractivity contribution in [3.8, 4) is 0 Å². The number of thiocarbonyl (C=S) groups is 1. The monoisotopic (exact) mass is 369 g/mol. The molecule has 1 saturated heterocycles. The highest BCUT2D eigenvalue weighted by molar-refractivity contribution is 8.26. The number of halogens is 1. The van der Waals surface area contributed by atoms with Crippen molar-refractivity contribution in [3.05, 3.63) is 33.9 Å². The first-order valence-corrected chi connectivity index (χ1v) is 8.18. The van der Waals surface area contributed by atoms with Gasteiger partial charge in [-0.1, -0.05) is 35.6 Å². The number of carboxylic acid groups (broad SMARTS) is 1. The van der Waals surface area contributed by atoms with Crippen LogP contribution in [-0.2, 0) is 9.59 Å². The number of carbonyl (C=O) groups excluding carboxylic acids is 1. The van der Waals surface area contributed by atoms with Gasteiger partial charge < -0.3 is 14.9 Å². The molecule has 0 saturated carbocycles. The van der Waals surface area contributed by atoms with E-state index in [2.05, 4.69) is 0 Å². The second-order valence-electron chi connectivity index (χ2n) is 5.06. The predicted molar refractivity (Wildman–Crippen MR) is 94.8 cm³/mol. The predicted octanol–water partition coefficient (Wildman–Crippen LogP) is 2.34. The SMILES string of the molecule is CN1/C(=C2/SC(=S)N(CC(=O)O)C2=O)N(C)c2cc(Cl)ccc21. The second-order valence-corrected chi connectivity index (χ2v) is 7.14. The van der Waals surface area contributed by atoms with Gasteiger partial charge in [-0.3, -0.25) is 14.5 Å². The first-order valence-electron chi connectivity index (χ1n) is 6.58. The van der Waals surface area contributed by atoms with Crippen LogP contribution in [0.3, 0.4) is 0 Å².